The zero-order chi connectivity index (χ0) is 23.6. The second kappa shape index (κ2) is 17.3. The molecule has 0 aliphatic carbocycles. The topological polar surface area (TPSA) is 72.8 Å². The SMILES string of the molecule is COC(=O)C=C(C)C(=O)OCC=C(C)CCC=C(C)CCC=C(C)CCC=C(C)CO. The molecule has 0 aromatic heterocycles. The van der Waals surface area contributed by atoms with Crippen LogP contribution >= 0.6 is 0 Å². The van der Waals surface area contributed by atoms with Gasteiger partial charge in [0.25, 0.3) is 0 Å². The Labute approximate surface area is 188 Å². The average molecular weight is 433 g/mol. The lowest BCUT2D eigenvalue weighted by atomic mass is 10.0. The van der Waals surface area contributed by atoms with Gasteiger partial charge in [0.1, 0.15) is 6.61 Å². The molecule has 1 N–H and O–H groups in total. The van der Waals surface area contributed by atoms with E-state index in [9.17, 15) is 9.59 Å². The molecule has 0 saturated carbocycles. The van der Waals surface area contributed by atoms with Gasteiger partial charge >= 0.3 is 11.9 Å². The molecule has 0 atom stereocenters. The van der Waals surface area contributed by atoms with Gasteiger partial charge in [0.2, 0.25) is 0 Å². The Morgan fingerprint density at radius 3 is 1.65 bits per heavy atom. The number of esters is 2. The first-order valence-corrected chi connectivity index (χ1v) is 10.9. The molecule has 0 aliphatic rings. The van der Waals surface area contributed by atoms with Gasteiger partial charge in [-0.25, -0.2) is 9.59 Å². The van der Waals surface area contributed by atoms with Crippen molar-refractivity contribution >= 4 is 11.9 Å². The Balaban J connectivity index is 4.20. The van der Waals surface area contributed by atoms with Crippen molar-refractivity contribution in [1.29, 1.82) is 0 Å². The van der Waals surface area contributed by atoms with Crippen LogP contribution in [-0.4, -0.2) is 37.4 Å². The largest absolute Gasteiger partial charge is 0.466 e. The summed E-state index contributed by atoms with van der Waals surface area (Å²) >= 11 is 0. The number of carbonyl (C=O) groups is 2. The minimum absolute atomic E-state index is 0.140. The van der Waals surface area contributed by atoms with Crippen LogP contribution in [0.5, 0.6) is 0 Å². The van der Waals surface area contributed by atoms with E-state index in [4.69, 9.17) is 9.84 Å². The van der Waals surface area contributed by atoms with Crippen LogP contribution < -0.4 is 0 Å². The molecule has 0 spiro atoms. The quantitative estimate of drug-likeness (QED) is 0.214. The molecule has 174 valence electrons. The normalized spacial score (nSPS) is 14.0. The van der Waals surface area contributed by atoms with Crippen LogP contribution in [0, 0.1) is 0 Å². The smallest absolute Gasteiger partial charge is 0.334 e. The monoisotopic (exact) mass is 432 g/mol. The van der Waals surface area contributed by atoms with Crippen LogP contribution in [-0.2, 0) is 19.1 Å². The van der Waals surface area contributed by atoms with Crippen LogP contribution in [0.1, 0.15) is 73.1 Å². The molecule has 0 bridgehead atoms. The molecule has 0 unspecified atom stereocenters. The van der Waals surface area contributed by atoms with Crippen LogP contribution in [0.15, 0.2) is 58.2 Å². The minimum Gasteiger partial charge on any atom is -0.466 e. The molecule has 31 heavy (non-hydrogen) atoms. The number of hydrogen-bond acceptors (Lipinski definition) is 5. The summed E-state index contributed by atoms with van der Waals surface area (Å²) in [5.41, 5.74) is 5.17. The highest BCUT2D eigenvalue weighted by molar-refractivity contribution is 5.95. The van der Waals surface area contributed by atoms with Crippen LogP contribution in [0.4, 0.5) is 0 Å². The van der Waals surface area contributed by atoms with Crippen molar-refractivity contribution in [1.82, 2.24) is 0 Å². The molecule has 5 heteroatoms. The van der Waals surface area contributed by atoms with Gasteiger partial charge in [-0.3, -0.25) is 0 Å². The van der Waals surface area contributed by atoms with Gasteiger partial charge in [-0.15, -0.1) is 0 Å². The van der Waals surface area contributed by atoms with E-state index in [1.54, 1.807) is 0 Å². The molecule has 0 radical (unpaired) electrons. The lowest BCUT2D eigenvalue weighted by Gasteiger charge is -2.04. The summed E-state index contributed by atoms with van der Waals surface area (Å²) in [4.78, 5) is 22.9. The first kappa shape index (κ1) is 28.6. The Bertz CT molecular complexity index is 720. The highest BCUT2D eigenvalue weighted by Gasteiger charge is 2.07. The zero-order valence-corrected chi connectivity index (χ0v) is 20.1. The van der Waals surface area contributed by atoms with Gasteiger partial charge in [0.05, 0.1) is 13.7 Å². The van der Waals surface area contributed by atoms with Crippen molar-refractivity contribution in [3.63, 3.8) is 0 Å². The van der Waals surface area contributed by atoms with Gasteiger partial charge in [-0.1, -0.05) is 40.5 Å². The van der Waals surface area contributed by atoms with Crippen molar-refractivity contribution in [2.75, 3.05) is 20.3 Å². The predicted octanol–water partition coefficient (Wildman–Crippen LogP) is 5.77. The Morgan fingerprint density at radius 2 is 1.19 bits per heavy atom. The zero-order valence-electron chi connectivity index (χ0n) is 20.1. The maximum absolute atomic E-state index is 11.8. The first-order chi connectivity index (χ1) is 14.7. The van der Waals surface area contributed by atoms with Gasteiger partial charge in [0, 0.05) is 11.6 Å². The molecule has 0 aliphatic heterocycles. The second-order valence-electron chi connectivity index (χ2n) is 7.93. The van der Waals surface area contributed by atoms with Crippen LogP contribution in [0.2, 0.25) is 0 Å². The first-order valence-electron chi connectivity index (χ1n) is 10.9. The number of carbonyl (C=O) groups excluding carboxylic acids is 2. The fourth-order valence-corrected chi connectivity index (χ4v) is 2.68. The number of hydrogen-bond donors (Lipinski definition) is 1. The number of methoxy groups -OCH3 is 1. The van der Waals surface area contributed by atoms with Crippen molar-refractivity contribution in [3.8, 4) is 0 Å². The van der Waals surface area contributed by atoms with E-state index in [1.807, 2.05) is 19.9 Å². The second-order valence-corrected chi connectivity index (χ2v) is 7.93. The number of ether oxygens (including phenoxy) is 2. The molecule has 0 amide bonds. The summed E-state index contributed by atoms with van der Waals surface area (Å²) in [6.45, 7) is 10.1. The van der Waals surface area contributed by atoms with Gasteiger partial charge < -0.3 is 14.6 Å². The molecular formula is C26H40O5. The maximum Gasteiger partial charge on any atom is 0.334 e. The Morgan fingerprint density at radius 1 is 0.742 bits per heavy atom. The van der Waals surface area contributed by atoms with Crippen molar-refractivity contribution < 1.29 is 24.2 Å². The van der Waals surface area contributed by atoms with Gasteiger partial charge in [-0.05, 0) is 79.2 Å². The molecule has 0 aromatic rings. The summed E-state index contributed by atoms with van der Waals surface area (Å²) in [6.07, 6.45) is 15.7. The molecule has 0 heterocycles. The van der Waals surface area contributed by atoms with E-state index in [-0.39, 0.29) is 18.8 Å². The van der Waals surface area contributed by atoms with Crippen molar-refractivity contribution in [2.24, 2.45) is 0 Å². The van der Waals surface area contributed by atoms with Crippen molar-refractivity contribution in [2.45, 2.75) is 73.1 Å². The third-order valence-corrected chi connectivity index (χ3v) is 4.85. The highest BCUT2D eigenvalue weighted by atomic mass is 16.5. The number of aliphatic hydroxyl groups excluding tert-OH is 1. The summed E-state index contributed by atoms with van der Waals surface area (Å²) in [6, 6.07) is 0. The Hall–Kier alpha value is -2.40. The molecular weight excluding hydrogens is 392 g/mol. The lowest BCUT2D eigenvalue weighted by Crippen LogP contribution is -2.08. The predicted molar refractivity (Wildman–Crippen MR) is 127 cm³/mol. The molecule has 0 aromatic carbocycles. The van der Waals surface area contributed by atoms with Crippen LogP contribution in [0.25, 0.3) is 0 Å². The van der Waals surface area contributed by atoms with E-state index >= 15 is 0 Å². The van der Waals surface area contributed by atoms with E-state index in [2.05, 4.69) is 36.8 Å². The summed E-state index contributed by atoms with van der Waals surface area (Å²) in [7, 11) is 1.26. The molecule has 0 saturated heterocycles. The molecule has 5 nitrogen and oxygen atoms in total. The van der Waals surface area contributed by atoms with Crippen LogP contribution in [0.3, 0.4) is 0 Å². The molecule has 0 rings (SSSR count). The third-order valence-electron chi connectivity index (χ3n) is 4.85. The summed E-state index contributed by atoms with van der Waals surface area (Å²) < 4.78 is 9.63. The average Bonchev–Trinajstić information content (AvgIpc) is 2.73. The number of aliphatic hydroxyl groups is 1. The standard InChI is InChI=1S/C26H40O5/c1-20(10-7-11-21(2)13-9-15-23(4)19-27)12-8-14-22(3)16-17-31-26(29)24(5)18-25(28)30-6/h11-12,15-16,18,27H,7-10,13-14,17,19H2,1-6H3. The lowest BCUT2D eigenvalue weighted by molar-refractivity contribution is -0.139. The van der Waals surface area contributed by atoms with Crippen molar-refractivity contribution in [3.05, 3.63) is 58.2 Å². The fourth-order valence-electron chi connectivity index (χ4n) is 2.68. The van der Waals surface area contributed by atoms with E-state index in [1.165, 1.54) is 25.2 Å². The molecule has 0 fully saturated rings. The highest BCUT2D eigenvalue weighted by Crippen LogP contribution is 2.13. The van der Waals surface area contributed by atoms with E-state index in [0.717, 1.165) is 55.7 Å². The number of rotatable bonds is 14. The summed E-state index contributed by atoms with van der Waals surface area (Å²) in [5, 5.41) is 9.00. The fraction of sp³-hybridized carbons (Fsp3) is 0.538. The minimum atomic E-state index is -0.570. The van der Waals surface area contributed by atoms with E-state index < -0.39 is 11.9 Å². The third kappa shape index (κ3) is 16.0. The van der Waals surface area contributed by atoms with Gasteiger partial charge in [0.15, 0.2) is 0 Å². The Kier molecular flexibility index (Phi) is 16.0. The van der Waals surface area contributed by atoms with Gasteiger partial charge in [-0.2, -0.15) is 0 Å². The van der Waals surface area contributed by atoms with E-state index in [0.29, 0.717) is 0 Å². The number of allylic oxidation sites excluding steroid dienone is 6. The maximum atomic E-state index is 11.8. The summed E-state index contributed by atoms with van der Waals surface area (Å²) in [5.74, 6) is -1.09.